The number of carbonyl (C=O) groups excluding carboxylic acids is 1. The van der Waals surface area contributed by atoms with Crippen molar-refractivity contribution in [3.8, 4) is 5.75 Å². The monoisotopic (exact) mass is 552 g/mol. The minimum atomic E-state index is -3.80. The number of hydrogen-bond donors (Lipinski definition) is 1. The Kier molecular flexibility index (Phi) is 7.78. The van der Waals surface area contributed by atoms with Gasteiger partial charge in [-0.15, -0.1) is 0 Å². The predicted molar refractivity (Wildman–Crippen MR) is 152 cm³/mol. The van der Waals surface area contributed by atoms with Crippen LogP contribution in [0, 0.1) is 11.2 Å². The molecule has 3 aromatic rings. The highest BCUT2D eigenvalue weighted by Crippen LogP contribution is 2.46. The summed E-state index contributed by atoms with van der Waals surface area (Å²) in [4.78, 5) is 14.9. The van der Waals surface area contributed by atoms with Gasteiger partial charge in [0.15, 0.2) is 0 Å². The SMILES string of the molecule is CC1(COc2cc(F)c(C(=O)NS(C)(=O)=O)cc2C2CC2)CCN(C(c2ccccc2)c2ccccc2)CC1.[HH]. The molecule has 3 aromatic carbocycles. The molecule has 0 aromatic heterocycles. The number of ether oxygens (including phenoxy) is 1. The molecule has 1 aliphatic carbocycles. The normalized spacial score (nSPS) is 17.6. The summed E-state index contributed by atoms with van der Waals surface area (Å²) in [6.45, 7) is 4.47. The van der Waals surface area contributed by atoms with Gasteiger partial charge in [0, 0.05) is 12.9 Å². The molecule has 0 bridgehead atoms. The fraction of sp³-hybridized carbons (Fsp3) is 0.387. The standard InChI is InChI=1S/C31H35FN2O4S.H2/c1-31(15-17-34(18-16-31)29(23-9-5-3-6-10-23)24-11-7-4-8-12-24)21-38-28-20-27(32)26(19-25(28)22-13-14-22)30(35)33-39(2,36)37;/h3-12,19-20,22,29H,13-18,21H2,1-2H3,(H,33,35);1H. The number of piperidine rings is 1. The smallest absolute Gasteiger partial charge is 0.267 e. The van der Waals surface area contributed by atoms with Crippen molar-refractivity contribution >= 4 is 15.9 Å². The lowest BCUT2D eigenvalue weighted by atomic mass is 9.80. The number of nitrogens with one attached hydrogen (secondary N) is 1. The molecule has 8 heteroatoms. The van der Waals surface area contributed by atoms with E-state index in [9.17, 15) is 17.6 Å². The van der Waals surface area contributed by atoms with E-state index in [-0.39, 0.29) is 24.4 Å². The van der Waals surface area contributed by atoms with Crippen LogP contribution in [0.5, 0.6) is 5.75 Å². The summed E-state index contributed by atoms with van der Waals surface area (Å²) in [5.74, 6) is -1.11. The van der Waals surface area contributed by atoms with Crippen molar-refractivity contribution in [1.82, 2.24) is 9.62 Å². The predicted octanol–water partition coefficient (Wildman–Crippen LogP) is 5.91. The topological polar surface area (TPSA) is 75.7 Å². The van der Waals surface area contributed by atoms with Gasteiger partial charge in [-0.3, -0.25) is 9.69 Å². The molecule has 1 amide bonds. The number of carbonyl (C=O) groups is 1. The molecule has 0 spiro atoms. The summed E-state index contributed by atoms with van der Waals surface area (Å²) in [6.07, 6.45) is 4.60. The van der Waals surface area contributed by atoms with Crippen LogP contribution in [-0.4, -0.2) is 45.2 Å². The molecule has 6 nitrogen and oxygen atoms in total. The summed E-state index contributed by atoms with van der Waals surface area (Å²) in [6, 6.07) is 24.0. The third kappa shape index (κ3) is 6.68. The minimum Gasteiger partial charge on any atom is -0.493 e. The Morgan fingerprint density at radius 3 is 2.13 bits per heavy atom. The lowest BCUT2D eigenvalue weighted by Gasteiger charge is -2.43. The van der Waals surface area contributed by atoms with E-state index >= 15 is 0 Å². The van der Waals surface area contributed by atoms with E-state index in [0.717, 1.165) is 50.6 Å². The van der Waals surface area contributed by atoms with Crippen LogP contribution in [0.1, 0.15) is 73.0 Å². The van der Waals surface area contributed by atoms with Gasteiger partial charge in [-0.05, 0) is 67.4 Å². The Labute approximate surface area is 231 Å². The fourth-order valence-electron chi connectivity index (χ4n) is 5.41. The minimum absolute atomic E-state index is 0. The van der Waals surface area contributed by atoms with Crippen LogP contribution in [0.15, 0.2) is 72.8 Å². The molecule has 2 aliphatic rings. The summed E-state index contributed by atoms with van der Waals surface area (Å²) < 4.78 is 46.0. The van der Waals surface area contributed by atoms with E-state index < -0.39 is 21.7 Å². The molecular weight excluding hydrogens is 515 g/mol. The highest BCUT2D eigenvalue weighted by molar-refractivity contribution is 7.89. The van der Waals surface area contributed by atoms with E-state index in [1.165, 1.54) is 23.3 Å². The highest BCUT2D eigenvalue weighted by atomic mass is 32.2. The molecule has 1 aliphatic heterocycles. The van der Waals surface area contributed by atoms with Gasteiger partial charge in [-0.2, -0.15) is 0 Å². The Morgan fingerprint density at radius 1 is 1.05 bits per heavy atom. The van der Waals surface area contributed by atoms with Gasteiger partial charge >= 0.3 is 0 Å². The Morgan fingerprint density at radius 2 is 1.62 bits per heavy atom. The highest BCUT2D eigenvalue weighted by Gasteiger charge is 2.36. The van der Waals surface area contributed by atoms with Gasteiger partial charge in [0.1, 0.15) is 11.6 Å². The molecule has 0 radical (unpaired) electrons. The maximum absolute atomic E-state index is 14.9. The maximum atomic E-state index is 14.9. The fourth-order valence-corrected chi connectivity index (χ4v) is 5.86. The van der Waals surface area contributed by atoms with Crippen LogP contribution >= 0.6 is 0 Å². The van der Waals surface area contributed by atoms with Gasteiger partial charge in [0.25, 0.3) is 5.91 Å². The van der Waals surface area contributed by atoms with Gasteiger partial charge in [0.05, 0.1) is 24.5 Å². The summed E-state index contributed by atoms with van der Waals surface area (Å²) in [7, 11) is -3.80. The molecule has 1 saturated heterocycles. The van der Waals surface area contributed by atoms with Crippen molar-refractivity contribution in [2.75, 3.05) is 26.0 Å². The second kappa shape index (κ2) is 11.1. The van der Waals surface area contributed by atoms with Gasteiger partial charge < -0.3 is 4.74 Å². The van der Waals surface area contributed by atoms with Crippen molar-refractivity contribution < 1.29 is 23.8 Å². The number of nitrogens with zero attached hydrogens (tertiary/aromatic N) is 1. The maximum Gasteiger partial charge on any atom is 0.267 e. The van der Waals surface area contributed by atoms with Crippen LogP contribution < -0.4 is 9.46 Å². The Hall–Kier alpha value is -3.23. The number of benzene rings is 3. The number of amides is 1. The Balaban J connectivity index is 0.00000370. The third-order valence-electron chi connectivity index (χ3n) is 7.82. The zero-order valence-corrected chi connectivity index (χ0v) is 23.2. The van der Waals surface area contributed by atoms with Crippen LogP contribution in [0.4, 0.5) is 4.39 Å². The van der Waals surface area contributed by atoms with Crippen LogP contribution in [0.25, 0.3) is 0 Å². The van der Waals surface area contributed by atoms with Crippen molar-refractivity contribution in [3.63, 3.8) is 0 Å². The van der Waals surface area contributed by atoms with Gasteiger partial charge in [-0.25, -0.2) is 17.5 Å². The van der Waals surface area contributed by atoms with Gasteiger partial charge in [0.2, 0.25) is 10.0 Å². The van der Waals surface area contributed by atoms with E-state index in [2.05, 4.69) is 60.4 Å². The van der Waals surface area contributed by atoms with Crippen LogP contribution in [-0.2, 0) is 10.0 Å². The molecule has 208 valence electrons. The van der Waals surface area contributed by atoms with Crippen molar-refractivity contribution in [2.24, 2.45) is 5.41 Å². The van der Waals surface area contributed by atoms with Crippen LogP contribution in [0.3, 0.4) is 0 Å². The first kappa shape index (κ1) is 27.3. The Bertz CT molecular complexity index is 1380. The van der Waals surface area contributed by atoms with Crippen LogP contribution in [0.2, 0.25) is 0 Å². The molecule has 39 heavy (non-hydrogen) atoms. The zero-order valence-electron chi connectivity index (χ0n) is 22.4. The van der Waals surface area contributed by atoms with Gasteiger partial charge in [-0.1, -0.05) is 67.6 Å². The molecule has 0 atom stereocenters. The number of likely N-dealkylation sites (tertiary alicyclic amines) is 1. The number of sulfonamides is 1. The average Bonchev–Trinajstić information content (AvgIpc) is 3.75. The lowest BCUT2D eigenvalue weighted by molar-refractivity contribution is 0.0551. The van der Waals surface area contributed by atoms with Crippen molar-refractivity contribution in [1.29, 1.82) is 0 Å². The molecule has 1 saturated carbocycles. The second-order valence-electron chi connectivity index (χ2n) is 11.2. The quantitative estimate of drug-likeness (QED) is 0.357. The van der Waals surface area contributed by atoms with E-state index in [1.54, 1.807) is 0 Å². The van der Waals surface area contributed by atoms with Crippen molar-refractivity contribution in [2.45, 2.75) is 44.6 Å². The molecular formula is C31H37FN2O4S. The summed E-state index contributed by atoms with van der Waals surface area (Å²) >= 11 is 0. The molecule has 0 unspecified atom stereocenters. The summed E-state index contributed by atoms with van der Waals surface area (Å²) in [5, 5.41) is 0. The third-order valence-corrected chi connectivity index (χ3v) is 8.37. The summed E-state index contributed by atoms with van der Waals surface area (Å²) in [5.41, 5.74) is 2.95. The number of rotatable bonds is 9. The first-order valence-corrected chi connectivity index (χ1v) is 15.3. The first-order chi connectivity index (χ1) is 18.6. The second-order valence-corrected chi connectivity index (χ2v) is 13.0. The van der Waals surface area contributed by atoms with Crippen molar-refractivity contribution in [3.05, 3.63) is 101 Å². The molecule has 5 rings (SSSR count). The van der Waals surface area contributed by atoms with E-state index in [1.807, 2.05) is 16.9 Å². The van der Waals surface area contributed by atoms with E-state index in [0.29, 0.717) is 12.4 Å². The van der Waals surface area contributed by atoms with E-state index in [4.69, 9.17) is 4.74 Å². The number of hydrogen-bond acceptors (Lipinski definition) is 5. The molecule has 1 N–H and O–H groups in total. The largest absolute Gasteiger partial charge is 0.493 e. The lowest BCUT2D eigenvalue weighted by Crippen LogP contribution is -2.43. The first-order valence-electron chi connectivity index (χ1n) is 13.4. The molecule has 2 fully saturated rings. The average molecular weight is 553 g/mol. The zero-order chi connectivity index (χ0) is 27.6. The molecule has 1 heterocycles. The number of halogens is 1.